The highest BCUT2D eigenvalue weighted by Gasteiger charge is 2.26. The Morgan fingerprint density at radius 1 is 1.07 bits per heavy atom. The lowest BCUT2D eigenvalue weighted by atomic mass is 10.1. The van der Waals surface area contributed by atoms with Crippen molar-refractivity contribution in [2.75, 3.05) is 36.8 Å². The van der Waals surface area contributed by atoms with Gasteiger partial charge >= 0.3 is 0 Å². The van der Waals surface area contributed by atoms with E-state index in [4.69, 9.17) is 10.2 Å². The zero-order valence-electron chi connectivity index (χ0n) is 14.5. The number of piperazine rings is 1. The number of hydrogen-bond acceptors (Lipinski definition) is 5. The summed E-state index contributed by atoms with van der Waals surface area (Å²) in [5.74, 6) is 0.230. The maximum atomic E-state index is 12.5. The Hall–Kier alpha value is -3.22. The van der Waals surface area contributed by atoms with Crippen LogP contribution in [0.25, 0.3) is 10.9 Å². The second kappa shape index (κ2) is 7.19. The summed E-state index contributed by atoms with van der Waals surface area (Å²) < 4.78 is 6.77. The minimum absolute atomic E-state index is 0. The van der Waals surface area contributed by atoms with Gasteiger partial charge in [0.2, 0.25) is 0 Å². The maximum Gasteiger partial charge on any atom is 0.289 e. The molecule has 1 fully saturated rings. The molecule has 2 N–H and O–H groups in total. The fraction of sp³-hybridized carbons (Fsp3) is 0.300. The molecule has 1 saturated heterocycles. The van der Waals surface area contributed by atoms with Crippen LogP contribution in [0.5, 0.6) is 0 Å². The SMILES string of the molecule is C.Cn1c(=O)c(N)c(N2CCN(C(=O)c3ccco3)CC2)c2ccccc21. The molecule has 0 bridgehead atoms. The summed E-state index contributed by atoms with van der Waals surface area (Å²) in [4.78, 5) is 28.8. The Balaban J connectivity index is 0.00000210. The number of pyridine rings is 1. The number of hydrogen-bond donors (Lipinski definition) is 1. The first-order valence-corrected chi connectivity index (χ1v) is 8.53. The standard InChI is InChI=1S/C19H20N4O3.CH4/c1-21-14-6-3-2-5-13(14)17(16(20)19(21)25)22-8-10-23(11-9-22)18(24)15-7-4-12-26-15;/h2-7,12H,8-11,20H2,1H3;1H4. The van der Waals surface area contributed by atoms with Crippen LogP contribution in [0.4, 0.5) is 11.4 Å². The fourth-order valence-corrected chi connectivity index (χ4v) is 3.53. The van der Waals surface area contributed by atoms with E-state index in [1.54, 1.807) is 28.6 Å². The predicted molar refractivity (Wildman–Crippen MR) is 107 cm³/mol. The van der Waals surface area contributed by atoms with Crippen LogP contribution in [-0.2, 0) is 7.05 Å². The third-order valence-corrected chi connectivity index (χ3v) is 4.93. The van der Waals surface area contributed by atoms with E-state index in [2.05, 4.69) is 4.90 Å². The molecule has 3 aromatic rings. The molecule has 7 heteroatoms. The zero-order valence-corrected chi connectivity index (χ0v) is 14.5. The van der Waals surface area contributed by atoms with Gasteiger partial charge in [-0.15, -0.1) is 0 Å². The fourth-order valence-electron chi connectivity index (χ4n) is 3.53. The molecule has 1 amide bonds. The van der Waals surface area contributed by atoms with Crippen molar-refractivity contribution in [3.8, 4) is 0 Å². The van der Waals surface area contributed by atoms with Gasteiger partial charge in [-0.25, -0.2) is 0 Å². The smallest absolute Gasteiger partial charge is 0.289 e. The predicted octanol–water partition coefficient (Wildman–Crippen LogP) is 2.31. The zero-order chi connectivity index (χ0) is 18.3. The summed E-state index contributed by atoms with van der Waals surface area (Å²) in [5, 5.41) is 0.943. The van der Waals surface area contributed by atoms with Gasteiger partial charge in [0.15, 0.2) is 5.76 Å². The van der Waals surface area contributed by atoms with Gasteiger partial charge in [-0.2, -0.15) is 0 Å². The van der Waals surface area contributed by atoms with Crippen molar-refractivity contribution in [3.63, 3.8) is 0 Å². The minimum Gasteiger partial charge on any atom is -0.459 e. The number of anilines is 2. The molecule has 1 aromatic carbocycles. The second-order valence-electron chi connectivity index (χ2n) is 6.40. The first-order chi connectivity index (χ1) is 12.6. The quantitative estimate of drug-likeness (QED) is 0.750. The number of amides is 1. The van der Waals surface area contributed by atoms with Crippen molar-refractivity contribution in [3.05, 3.63) is 58.8 Å². The Bertz CT molecular complexity index is 1020. The molecule has 142 valence electrons. The van der Waals surface area contributed by atoms with Crippen LogP contribution < -0.4 is 16.2 Å². The van der Waals surface area contributed by atoms with Gasteiger partial charge in [0.25, 0.3) is 11.5 Å². The number of nitrogen functional groups attached to an aromatic ring is 1. The average Bonchev–Trinajstić information content (AvgIpc) is 3.21. The molecule has 0 spiro atoms. The largest absolute Gasteiger partial charge is 0.459 e. The lowest BCUT2D eigenvalue weighted by Gasteiger charge is -2.36. The van der Waals surface area contributed by atoms with Crippen molar-refractivity contribution >= 4 is 28.2 Å². The molecule has 1 aliphatic rings. The van der Waals surface area contributed by atoms with Crippen LogP contribution in [0.3, 0.4) is 0 Å². The second-order valence-corrected chi connectivity index (χ2v) is 6.40. The van der Waals surface area contributed by atoms with Crippen LogP contribution in [0.1, 0.15) is 18.0 Å². The van der Waals surface area contributed by atoms with Gasteiger partial charge < -0.3 is 24.5 Å². The molecule has 3 heterocycles. The Morgan fingerprint density at radius 3 is 2.44 bits per heavy atom. The number of carbonyl (C=O) groups excluding carboxylic acids is 1. The number of benzene rings is 1. The van der Waals surface area contributed by atoms with Gasteiger partial charge in [-0.3, -0.25) is 9.59 Å². The molecule has 0 radical (unpaired) electrons. The minimum atomic E-state index is -0.201. The summed E-state index contributed by atoms with van der Waals surface area (Å²) >= 11 is 0. The first kappa shape index (κ1) is 18.6. The monoisotopic (exact) mass is 368 g/mol. The van der Waals surface area contributed by atoms with Crippen LogP contribution in [0, 0.1) is 0 Å². The molecule has 1 aliphatic heterocycles. The van der Waals surface area contributed by atoms with Gasteiger partial charge in [-0.05, 0) is 18.2 Å². The Kier molecular flexibility index (Phi) is 4.94. The van der Waals surface area contributed by atoms with E-state index in [9.17, 15) is 9.59 Å². The summed E-state index contributed by atoms with van der Waals surface area (Å²) in [6.45, 7) is 2.30. The number of furan rings is 1. The van der Waals surface area contributed by atoms with Crippen molar-refractivity contribution < 1.29 is 9.21 Å². The highest BCUT2D eigenvalue weighted by Crippen LogP contribution is 2.31. The van der Waals surface area contributed by atoms with Gasteiger partial charge in [0.05, 0.1) is 17.5 Å². The lowest BCUT2D eigenvalue weighted by Crippen LogP contribution is -2.49. The number of rotatable bonds is 2. The van der Waals surface area contributed by atoms with Crippen LogP contribution in [-0.4, -0.2) is 41.6 Å². The molecule has 0 atom stereocenters. The summed E-state index contributed by atoms with van der Waals surface area (Å²) in [6, 6.07) is 11.1. The normalized spacial score (nSPS) is 14.3. The molecular weight excluding hydrogens is 344 g/mol. The summed E-state index contributed by atoms with van der Waals surface area (Å²) in [7, 11) is 1.73. The highest BCUT2D eigenvalue weighted by molar-refractivity contribution is 5.98. The highest BCUT2D eigenvalue weighted by atomic mass is 16.3. The molecule has 27 heavy (non-hydrogen) atoms. The van der Waals surface area contributed by atoms with Crippen LogP contribution in [0.2, 0.25) is 0 Å². The van der Waals surface area contributed by atoms with Crippen LogP contribution in [0.15, 0.2) is 51.9 Å². The number of nitrogens with two attached hydrogens (primary N) is 1. The van der Waals surface area contributed by atoms with Crippen molar-refractivity contribution in [2.45, 2.75) is 7.43 Å². The molecule has 0 unspecified atom stereocenters. The number of carbonyl (C=O) groups is 1. The third kappa shape index (κ3) is 3.05. The number of aromatic nitrogens is 1. The van der Waals surface area contributed by atoms with Gasteiger partial charge in [-0.1, -0.05) is 25.6 Å². The molecule has 2 aromatic heterocycles. The maximum absolute atomic E-state index is 12.5. The third-order valence-electron chi connectivity index (χ3n) is 4.93. The van der Waals surface area contributed by atoms with E-state index in [1.165, 1.54) is 6.26 Å². The molecule has 4 rings (SSSR count). The van der Waals surface area contributed by atoms with E-state index in [0.29, 0.717) is 31.9 Å². The van der Waals surface area contributed by atoms with Gasteiger partial charge in [0, 0.05) is 38.6 Å². The number of aryl methyl sites for hydroxylation is 1. The molecule has 0 saturated carbocycles. The van der Waals surface area contributed by atoms with Crippen molar-refractivity contribution in [1.82, 2.24) is 9.47 Å². The number of fused-ring (bicyclic) bond motifs is 1. The van der Waals surface area contributed by atoms with E-state index in [-0.39, 0.29) is 24.6 Å². The number of nitrogens with zero attached hydrogens (tertiary/aromatic N) is 3. The average molecular weight is 368 g/mol. The lowest BCUT2D eigenvalue weighted by molar-refractivity contribution is 0.0715. The van der Waals surface area contributed by atoms with E-state index >= 15 is 0 Å². The Labute approximate surface area is 157 Å². The van der Waals surface area contributed by atoms with Crippen molar-refractivity contribution in [2.24, 2.45) is 7.05 Å². The van der Waals surface area contributed by atoms with E-state index in [0.717, 1.165) is 16.6 Å². The first-order valence-electron chi connectivity index (χ1n) is 8.53. The summed E-state index contributed by atoms with van der Waals surface area (Å²) in [5.41, 5.74) is 7.83. The van der Waals surface area contributed by atoms with E-state index < -0.39 is 0 Å². The van der Waals surface area contributed by atoms with Crippen LogP contribution >= 0.6 is 0 Å². The number of para-hydroxylation sites is 1. The molecule has 0 aliphatic carbocycles. The van der Waals surface area contributed by atoms with Gasteiger partial charge in [0.1, 0.15) is 5.69 Å². The summed E-state index contributed by atoms with van der Waals surface area (Å²) in [6.07, 6.45) is 1.50. The molecular formula is C20H24N4O3. The van der Waals surface area contributed by atoms with Crippen molar-refractivity contribution in [1.29, 1.82) is 0 Å². The Morgan fingerprint density at radius 2 is 1.78 bits per heavy atom. The topological polar surface area (TPSA) is 84.7 Å². The van der Waals surface area contributed by atoms with E-state index in [1.807, 2.05) is 24.3 Å². The molecule has 7 nitrogen and oxygen atoms in total.